The van der Waals surface area contributed by atoms with Gasteiger partial charge in [0.05, 0.1) is 0 Å². The van der Waals surface area contributed by atoms with Crippen LogP contribution in [0.5, 0.6) is 5.75 Å². The van der Waals surface area contributed by atoms with Crippen LogP contribution in [-0.2, 0) is 4.79 Å². The molecule has 0 saturated heterocycles. The third kappa shape index (κ3) is 5.12. The van der Waals surface area contributed by atoms with Crippen molar-refractivity contribution < 1.29 is 14.3 Å². The highest BCUT2D eigenvalue weighted by molar-refractivity contribution is 5.94. The molecule has 0 aliphatic carbocycles. The van der Waals surface area contributed by atoms with Crippen LogP contribution in [-0.4, -0.2) is 24.3 Å². The van der Waals surface area contributed by atoms with Crippen LogP contribution in [0.15, 0.2) is 24.3 Å². The first-order chi connectivity index (χ1) is 8.90. The lowest BCUT2D eigenvalue weighted by Crippen LogP contribution is -2.38. The zero-order valence-electron chi connectivity index (χ0n) is 11.9. The van der Waals surface area contributed by atoms with Gasteiger partial charge in [-0.1, -0.05) is 26.0 Å². The number of carbonyl (C=O) groups excluding carboxylic acids is 2. The highest BCUT2D eigenvalue weighted by Crippen LogP contribution is 2.15. The maximum Gasteiger partial charge on any atom is 0.260 e. The van der Waals surface area contributed by atoms with Crippen LogP contribution >= 0.6 is 0 Å². The van der Waals surface area contributed by atoms with Crippen molar-refractivity contribution >= 4 is 11.7 Å². The maximum absolute atomic E-state index is 11.8. The number of hydrogen-bond acceptors (Lipinski definition) is 3. The van der Waals surface area contributed by atoms with Gasteiger partial charge in [0, 0.05) is 12.1 Å². The van der Waals surface area contributed by atoms with Crippen LogP contribution < -0.4 is 10.1 Å². The zero-order chi connectivity index (χ0) is 14.4. The summed E-state index contributed by atoms with van der Waals surface area (Å²) in [7, 11) is 0. The molecule has 1 atom stereocenters. The highest BCUT2D eigenvalue weighted by Gasteiger charge is 2.14. The van der Waals surface area contributed by atoms with Crippen molar-refractivity contribution in [3.05, 3.63) is 29.8 Å². The van der Waals surface area contributed by atoms with Crippen molar-refractivity contribution in [2.24, 2.45) is 5.92 Å². The van der Waals surface area contributed by atoms with Crippen molar-refractivity contribution in [2.45, 2.75) is 33.8 Å². The molecule has 0 fully saturated rings. The molecule has 0 aliphatic rings. The predicted molar refractivity (Wildman–Crippen MR) is 74.4 cm³/mol. The number of amides is 1. The standard InChI is InChI=1S/C15H21NO3/c1-10(2)9-16-15(18)12(4)19-14-7-5-6-13(8-14)11(3)17/h5-8,10,12H,9H2,1-4H3,(H,16,18). The molecule has 0 bridgehead atoms. The highest BCUT2D eigenvalue weighted by atomic mass is 16.5. The Morgan fingerprint density at radius 3 is 2.53 bits per heavy atom. The number of Topliss-reactive ketones (excluding diaryl/α,β-unsaturated/α-hetero) is 1. The molecule has 4 heteroatoms. The lowest BCUT2D eigenvalue weighted by Gasteiger charge is -2.16. The Hall–Kier alpha value is -1.84. The van der Waals surface area contributed by atoms with E-state index in [4.69, 9.17) is 4.74 Å². The first kappa shape index (κ1) is 15.2. The molecule has 0 aliphatic heterocycles. The second-order valence-electron chi connectivity index (χ2n) is 4.98. The number of carbonyl (C=O) groups is 2. The van der Waals surface area contributed by atoms with Crippen molar-refractivity contribution in [1.82, 2.24) is 5.32 Å². The van der Waals surface area contributed by atoms with Gasteiger partial charge in [-0.3, -0.25) is 9.59 Å². The largest absolute Gasteiger partial charge is 0.481 e. The molecule has 1 unspecified atom stereocenters. The van der Waals surface area contributed by atoms with E-state index >= 15 is 0 Å². The number of nitrogens with one attached hydrogen (secondary N) is 1. The number of ether oxygens (including phenoxy) is 1. The molecule has 1 aromatic rings. The summed E-state index contributed by atoms with van der Waals surface area (Å²) in [4.78, 5) is 23.0. The van der Waals surface area contributed by atoms with Gasteiger partial charge in [0.25, 0.3) is 5.91 Å². The monoisotopic (exact) mass is 263 g/mol. The van der Waals surface area contributed by atoms with Crippen molar-refractivity contribution in [2.75, 3.05) is 6.54 Å². The van der Waals surface area contributed by atoms with E-state index in [0.717, 1.165) is 0 Å². The van der Waals surface area contributed by atoms with Gasteiger partial charge in [-0.25, -0.2) is 0 Å². The Morgan fingerprint density at radius 2 is 1.95 bits per heavy atom. The Balaban J connectivity index is 2.61. The van der Waals surface area contributed by atoms with Gasteiger partial charge in [0.15, 0.2) is 11.9 Å². The minimum Gasteiger partial charge on any atom is -0.481 e. The number of ketones is 1. The summed E-state index contributed by atoms with van der Waals surface area (Å²) in [5.74, 6) is 0.751. The predicted octanol–water partition coefficient (Wildman–Crippen LogP) is 2.43. The fourth-order valence-electron chi connectivity index (χ4n) is 1.49. The minimum absolute atomic E-state index is 0.0256. The van der Waals surface area contributed by atoms with Crippen LogP contribution in [0.3, 0.4) is 0 Å². The van der Waals surface area contributed by atoms with Gasteiger partial charge >= 0.3 is 0 Å². The van der Waals surface area contributed by atoms with Crippen molar-refractivity contribution in [3.63, 3.8) is 0 Å². The molecule has 1 amide bonds. The van der Waals surface area contributed by atoms with Gasteiger partial charge in [-0.2, -0.15) is 0 Å². The minimum atomic E-state index is -0.582. The van der Waals surface area contributed by atoms with Crippen molar-refractivity contribution in [3.8, 4) is 5.75 Å². The zero-order valence-corrected chi connectivity index (χ0v) is 11.9. The third-order valence-electron chi connectivity index (χ3n) is 2.61. The summed E-state index contributed by atoms with van der Waals surface area (Å²) in [6.45, 7) is 7.87. The maximum atomic E-state index is 11.8. The number of rotatable bonds is 6. The van der Waals surface area contributed by atoms with E-state index in [-0.39, 0.29) is 11.7 Å². The summed E-state index contributed by atoms with van der Waals surface area (Å²) < 4.78 is 5.53. The van der Waals surface area contributed by atoms with E-state index < -0.39 is 6.10 Å². The quantitative estimate of drug-likeness (QED) is 0.802. The molecule has 0 aromatic heterocycles. The molecular weight excluding hydrogens is 242 g/mol. The summed E-state index contributed by atoms with van der Waals surface area (Å²) in [6.07, 6.45) is -0.582. The lowest BCUT2D eigenvalue weighted by atomic mass is 10.1. The fraction of sp³-hybridized carbons (Fsp3) is 0.467. The smallest absolute Gasteiger partial charge is 0.260 e. The Kier molecular flexibility index (Phi) is 5.55. The molecule has 1 N–H and O–H groups in total. The normalized spacial score (nSPS) is 12.1. The number of benzene rings is 1. The van der Waals surface area contributed by atoms with Gasteiger partial charge in [0.2, 0.25) is 0 Å². The van der Waals surface area contributed by atoms with Crippen LogP contribution in [0.25, 0.3) is 0 Å². The first-order valence-corrected chi connectivity index (χ1v) is 6.45. The molecular formula is C15H21NO3. The van der Waals surface area contributed by atoms with E-state index in [2.05, 4.69) is 5.32 Å². The van der Waals surface area contributed by atoms with Crippen molar-refractivity contribution in [1.29, 1.82) is 0 Å². The molecule has 0 saturated carbocycles. The SMILES string of the molecule is CC(=O)c1cccc(OC(C)C(=O)NCC(C)C)c1. The molecule has 1 aromatic carbocycles. The summed E-state index contributed by atoms with van der Waals surface area (Å²) in [5.41, 5.74) is 0.576. The van der Waals surface area contributed by atoms with E-state index in [0.29, 0.717) is 23.8 Å². The van der Waals surface area contributed by atoms with E-state index in [1.807, 2.05) is 13.8 Å². The lowest BCUT2D eigenvalue weighted by molar-refractivity contribution is -0.127. The molecule has 0 spiro atoms. The van der Waals surface area contributed by atoms with Gasteiger partial charge in [-0.05, 0) is 31.9 Å². The summed E-state index contributed by atoms with van der Waals surface area (Å²) >= 11 is 0. The molecule has 4 nitrogen and oxygen atoms in total. The molecule has 1 rings (SSSR count). The van der Waals surface area contributed by atoms with Gasteiger partial charge in [-0.15, -0.1) is 0 Å². The van der Waals surface area contributed by atoms with Crippen LogP contribution in [0.4, 0.5) is 0 Å². The van der Waals surface area contributed by atoms with E-state index in [9.17, 15) is 9.59 Å². The Labute approximate surface area is 114 Å². The number of hydrogen-bond donors (Lipinski definition) is 1. The summed E-state index contributed by atoms with van der Waals surface area (Å²) in [6, 6.07) is 6.84. The average Bonchev–Trinajstić information content (AvgIpc) is 2.36. The Bertz CT molecular complexity index is 454. The van der Waals surface area contributed by atoms with E-state index in [1.54, 1.807) is 31.2 Å². The van der Waals surface area contributed by atoms with Crippen LogP contribution in [0.2, 0.25) is 0 Å². The Morgan fingerprint density at radius 1 is 1.26 bits per heavy atom. The fourth-order valence-corrected chi connectivity index (χ4v) is 1.49. The second kappa shape index (κ2) is 6.92. The molecule has 0 radical (unpaired) electrons. The molecule has 19 heavy (non-hydrogen) atoms. The van der Waals surface area contributed by atoms with Crippen LogP contribution in [0, 0.1) is 5.92 Å². The molecule has 104 valence electrons. The van der Waals surface area contributed by atoms with E-state index in [1.165, 1.54) is 6.92 Å². The third-order valence-corrected chi connectivity index (χ3v) is 2.61. The first-order valence-electron chi connectivity index (χ1n) is 6.45. The average molecular weight is 263 g/mol. The topological polar surface area (TPSA) is 55.4 Å². The van der Waals surface area contributed by atoms with Gasteiger partial charge < -0.3 is 10.1 Å². The molecule has 0 heterocycles. The second-order valence-corrected chi connectivity index (χ2v) is 4.98. The summed E-state index contributed by atoms with van der Waals surface area (Å²) in [5, 5.41) is 2.81. The van der Waals surface area contributed by atoms with Gasteiger partial charge in [0.1, 0.15) is 5.75 Å². The van der Waals surface area contributed by atoms with Crippen LogP contribution in [0.1, 0.15) is 38.1 Å².